The van der Waals surface area contributed by atoms with Crippen molar-refractivity contribution in [1.82, 2.24) is 10.2 Å². The molecule has 0 aliphatic carbocycles. The average molecular weight is 344 g/mol. The summed E-state index contributed by atoms with van der Waals surface area (Å²) in [5, 5.41) is 15.8. The van der Waals surface area contributed by atoms with Crippen LogP contribution < -0.4 is 5.32 Å². The van der Waals surface area contributed by atoms with Crippen molar-refractivity contribution in [1.29, 1.82) is 0 Å². The van der Waals surface area contributed by atoms with Crippen LogP contribution in [-0.2, 0) is 11.3 Å². The highest BCUT2D eigenvalue weighted by molar-refractivity contribution is 7.10. The van der Waals surface area contributed by atoms with Crippen LogP contribution in [0.5, 0.6) is 0 Å². The number of nitrogens with zero attached hydrogens (tertiary/aromatic N) is 1. The van der Waals surface area contributed by atoms with Crippen molar-refractivity contribution < 1.29 is 9.90 Å². The lowest BCUT2D eigenvalue weighted by molar-refractivity contribution is -0.133. The molecule has 24 heavy (non-hydrogen) atoms. The van der Waals surface area contributed by atoms with E-state index in [1.807, 2.05) is 47.8 Å². The standard InChI is InChI=1S/C19H24N2O2S/c22-17(18-9-5-11-24-18)14-21(13-15-6-2-1-3-7-15)19(23)12-16-8-4-10-20-16/h1-3,5-7,9,11,16-17,20,22H,4,8,10,12-14H2. The molecular weight excluding hydrogens is 320 g/mol. The van der Waals surface area contributed by atoms with Crippen molar-refractivity contribution in [2.75, 3.05) is 13.1 Å². The fourth-order valence-corrected chi connectivity index (χ4v) is 3.81. The van der Waals surface area contributed by atoms with E-state index >= 15 is 0 Å². The summed E-state index contributed by atoms with van der Waals surface area (Å²) in [7, 11) is 0. The van der Waals surface area contributed by atoms with Crippen molar-refractivity contribution in [3.63, 3.8) is 0 Å². The Morgan fingerprint density at radius 3 is 2.79 bits per heavy atom. The van der Waals surface area contributed by atoms with Crippen molar-refractivity contribution in [3.05, 3.63) is 58.3 Å². The Morgan fingerprint density at radius 1 is 1.29 bits per heavy atom. The van der Waals surface area contributed by atoms with E-state index in [-0.39, 0.29) is 11.9 Å². The molecule has 0 radical (unpaired) electrons. The van der Waals surface area contributed by atoms with Gasteiger partial charge in [-0.2, -0.15) is 0 Å². The molecule has 1 aromatic carbocycles. The minimum absolute atomic E-state index is 0.105. The third kappa shape index (κ3) is 4.66. The molecule has 2 atom stereocenters. The number of carbonyl (C=O) groups is 1. The van der Waals surface area contributed by atoms with Gasteiger partial charge in [0.05, 0.1) is 6.54 Å². The number of carbonyl (C=O) groups excluding carboxylic acids is 1. The number of benzene rings is 1. The number of thiophene rings is 1. The number of nitrogens with one attached hydrogen (secondary N) is 1. The maximum absolute atomic E-state index is 12.8. The van der Waals surface area contributed by atoms with Crippen LogP contribution in [0, 0.1) is 0 Å². The smallest absolute Gasteiger partial charge is 0.224 e. The van der Waals surface area contributed by atoms with Gasteiger partial charge in [-0.05, 0) is 36.4 Å². The predicted molar refractivity (Wildman–Crippen MR) is 96.8 cm³/mol. The molecule has 2 unspecified atom stereocenters. The number of rotatable bonds is 7. The second kappa shape index (κ2) is 8.42. The van der Waals surface area contributed by atoms with Crippen LogP contribution >= 0.6 is 11.3 Å². The second-order valence-electron chi connectivity index (χ2n) is 6.29. The van der Waals surface area contributed by atoms with Crippen LogP contribution in [0.4, 0.5) is 0 Å². The molecule has 2 N–H and O–H groups in total. The lowest BCUT2D eigenvalue weighted by atomic mass is 10.1. The van der Waals surface area contributed by atoms with E-state index in [9.17, 15) is 9.90 Å². The Hall–Kier alpha value is -1.69. The summed E-state index contributed by atoms with van der Waals surface area (Å²) in [6, 6.07) is 14.1. The fraction of sp³-hybridized carbons (Fsp3) is 0.421. The highest BCUT2D eigenvalue weighted by Gasteiger charge is 2.24. The van der Waals surface area contributed by atoms with Crippen LogP contribution in [0.2, 0.25) is 0 Å². The SMILES string of the molecule is O=C(CC1CCCN1)N(Cc1ccccc1)CC(O)c1cccs1. The van der Waals surface area contributed by atoms with Crippen molar-refractivity contribution in [2.45, 2.75) is 38.0 Å². The normalized spacial score (nSPS) is 18.5. The zero-order valence-corrected chi connectivity index (χ0v) is 14.5. The molecule has 128 valence electrons. The molecule has 1 amide bonds. The summed E-state index contributed by atoms with van der Waals surface area (Å²) in [6.45, 7) is 1.87. The molecule has 1 fully saturated rings. The van der Waals surface area contributed by atoms with Gasteiger partial charge in [-0.3, -0.25) is 4.79 Å². The summed E-state index contributed by atoms with van der Waals surface area (Å²) in [6.07, 6.45) is 2.06. The van der Waals surface area contributed by atoms with Gasteiger partial charge in [0.1, 0.15) is 6.10 Å². The van der Waals surface area contributed by atoms with Crippen LogP contribution in [0.3, 0.4) is 0 Å². The third-order valence-corrected chi connectivity index (χ3v) is 5.39. The molecule has 2 heterocycles. The molecule has 0 spiro atoms. The Balaban J connectivity index is 1.68. The Kier molecular flexibility index (Phi) is 6.01. The highest BCUT2D eigenvalue weighted by Crippen LogP contribution is 2.22. The molecule has 1 aliphatic rings. The molecule has 2 aromatic rings. The fourth-order valence-electron chi connectivity index (χ4n) is 3.11. The zero-order chi connectivity index (χ0) is 16.8. The largest absolute Gasteiger partial charge is 0.386 e. The summed E-state index contributed by atoms with van der Waals surface area (Å²) in [5.74, 6) is 0.105. The maximum Gasteiger partial charge on any atom is 0.224 e. The van der Waals surface area contributed by atoms with Crippen LogP contribution in [0.1, 0.15) is 35.8 Å². The minimum Gasteiger partial charge on any atom is -0.386 e. The van der Waals surface area contributed by atoms with E-state index in [2.05, 4.69) is 5.32 Å². The Morgan fingerprint density at radius 2 is 2.12 bits per heavy atom. The molecule has 1 aromatic heterocycles. The van der Waals surface area contributed by atoms with Gasteiger partial charge in [-0.1, -0.05) is 36.4 Å². The first-order valence-electron chi connectivity index (χ1n) is 8.49. The topological polar surface area (TPSA) is 52.6 Å². The molecule has 1 aliphatic heterocycles. The maximum atomic E-state index is 12.8. The van der Waals surface area contributed by atoms with Gasteiger partial charge < -0.3 is 15.3 Å². The minimum atomic E-state index is -0.630. The van der Waals surface area contributed by atoms with E-state index in [4.69, 9.17) is 0 Å². The van der Waals surface area contributed by atoms with E-state index < -0.39 is 6.10 Å². The number of aliphatic hydroxyl groups excluding tert-OH is 1. The molecule has 3 rings (SSSR count). The van der Waals surface area contributed by atoms with Gasteiger partial charge in [0.15, 0.2) is 0 Å². The first-order chi connectivity index (χ1) is 11.7. The van der Waals surface area contributed by atoms with Gasteiger partial charge in [0.2, 0.25) is 5.91 Å². The van der Waals surface area contributed by atoms with Gasteiger partial charge in [-0.15, -0.1) is 11.3 Å². The summed E-state index contributed by atoms with van der Waals surface area (Å²) < 4.78 is 0. The van der Waals surface area contributed by atoms with Crippen LogP contribution in [0.25, 0.3) is 0 Å². The number of aliphatic hydroxyl groups is 1. The van der Waals surface area contributed by atoms with Gasteiger partial charge >= 0.3 is 0 Å². The molecule has 4 nitrogen and oxygen atoms in total. The number of hydrogen-bond donors (Lipinski definition) is 2. The number of hydrogen-bond acceptors (Lipinski definition) is 4. The molecule has 1 saturated heterocycles. The first-order valence-corrected chi connectivity index (χ1v) is 9.37. The summed E-state index contributed by atoms with van der Waals surface area (Å²) in [5.41, 5.74) is 1.09. The monoisotopic (exact) mass is 344 g/mol. The van der Waals surface area contributed by atoms with Crippen molar-refractivity contribution >= 4 is 17.2 Å². The molecule has 0 saturated carbocycles. The van der Waals surface area contributed by atoms with Gasteiger partial charge in [0.25, 0.3) is 0 Å². The molecule has 0 bridgehead atoms. The predicted octanol–water partition coefficient (Wildman–Crippen LogP) is 2.95. The Labute approximate surface area is 147 Å². The second-order valence-corrected chi connectivity index (χ2v) is 7.27. The lowest BCUT2D eigenvalue weighted by Gasteiger charge is -2.26. The quantitative estimate of drug-likeness (QED) is 0.812. The van der Waals surface area contributed by atoms with E-state index in [1.165, 1.54) is 11.3 Å². The van der Waals surface area contributed by atoms with Gasteiger partial charge in [0, 0.05) is 23.9 Å². The van der Waals surface area contributed by atoms with Gasteiger partial charge in [-0.25, -0.2) is 0 Å². The summed E-state index contributed by atoms with van der Waals surface area (Å²) in [4.78, 5) is 15.5. The van der Waals surface area contributed by atoms with Crippen LogP contribution in [0.15, 0.2) is 47.8 Å². The molecular formula is C19H24N2O2S. The number of amides is 1. The first kappa shape index (κ1) is 17.1. The lowest BCUT2D eigenvalue weighted by Crippen LogP contribution is -2.38. The Bertz CT molecular complexity index is 624. The van der Waals surface area contributed by atoms with E-state index in [1.54, 1.807) is 4.90 Å². The summed E-state index contributed by atoms with van der Waals surface area (Å²) >= 11 is 1.52. The zero-order valence-electron chi connectivity index (χ0n) is 13.7. The van der Waals surface area contributed by atoms with E-state index in [0.717, 1.165) is 29.8 Å². The van der Waals surface area contributed by atoms with Crippen LogP contribution in [-0.4, -0.2) is 35.0 Å². The molecule has 5 heteroatoms. The van der Waals surface area contributed by atoms with E-state index in [0.29, 0.717) is 19.5 Å². The third-order valence-electron chi connectivity index (χ3n) is 4.42. The highest BCUT2D eigenvalue weighted by atomic mass is 32.1. The average Bonchev–Trinajstić information content (AvgIpc) is 3.29. The van der Waals surface area contributed by atoms with Crippen molar-refractivity contribution in [3.8, 4) is 0 Å². The van der Waals surface area contributed by atoms with Crippen molar-refractivity contribution in [2.24, 2.45) is 0 Å².